The van der Waals surface area contributed by atoms with Gasteiger partial charge in [-0.2, -0.15) is 0 Å². The lowest BCUT2D eigenvalue weighted by Crippen LogP contribution is -2.26. The van der Waals surface area contributed by atoms with Gasteiger partial charge in [-0.05, 0) is 30.3 Å². The Morgan fingerprint density at radius 1 is 1.42 bits per heavy atom. The summed E-state index contributed by atoms with van der Waals surface area (Å²) in [5.41, 5.74) is 6.76. The van der Waals surface area contributed by atoms with Crippen LogP contribution in [0.1, 0.15) is 16.1 Å². The van der Waals surface area contributed by atoms with E-state index >= 15 is 0 Å². The number of hydrogen-bond acceptors (Lipinski definition) is 4. The molecular weight excluding hydrogens is 244 g/mol. The van der Waals surface area contributed by atoms with Crippen molar-refractivity contribution in [2.75, 3.05) is 19.9 Å². The summed E-state index contributed by atoms with van der Waals surface area (Å²) in [6.07, 6.45) is 1.58. The number of nitrogen functional groups attached to an aromatic ring is 1. The molecule has 0 aliphatic rings. The zero-order chi connectivity index (χ0) is 13.8. The van der Waals surface area contributed by atoms with Gasteiger partial charge in [-0.25, -0.2) is 0 Å². The Hall–Kier alpha value is -2.43. The van der Waals surface area contributed by atoms with Gasteiger partial charge < -0.3 is 19.8 Å². The van der Waals surface area contributed by atoms with Crippen LogP contribution in [-0.4, -0.2) is 25.0 Å². The zero-order valence-corrected chi connectivity index (χ0v) is 10.9. The number of furan rings is 1. The molecule has 0 spiro atoms. The lowest BCUT2D eigenvalue weighted by Gasteiger charge is -2.16. The first kappa shape index (κ1) is 13.0. The fraction of sp³-hybridized carbons (Fsp3) is 0.214. The van der Waals surface area contributed by atoms with Gasteiger partial charge in [0, 0.05) is 12.6 Å². The van der Waals surface area contributed by atoms with Gasteiger partial charge in [0.2, 0.25) is 0 Å². The van der Waals surface area contributed by atoms with Crippen LogP contribution in [0.25, 0.3) is 0 Å². The maximum absolute atomic E-state index is 12.2. The van der Waals surface area contributed by atoms with E-state index in [0.717, 1.165) is 5.76 Å². The third-order valence-electron chi connectivity index (χ3n) is 2.80. The largest absolute Gasteiger partial charge is 0.495 e. The molecule has 100 valence electrons. The van der Waals surface area contributed by atoms with Crippen LogP contribution in [0.5, 0.6) is 5.75 Å². The molecule has 1 amide bonds. The zero-order valence-electron chi connectivity index (χ0n) is 10.9. The van der Waals surface area contributed by atoms with Crippen LogP contribution in [-0.2, 0) is 6.54 Å². The van der Waals surface area contributed by atoms with Gasteiger partial charge in [0.05, 0.1) is 25.6 Å². The summed E-state index contributed by atoms with van der Waals surface area (Å²) in [5, 5.41) is 0. The normalized spacial score (nSPS) is 10.2. The second kappa shape index (κ2) is 5.48. The number of amides is 1. The number of hydrogen-bond donors (Lipinski definition) is 1. The Balaban J connectivity index is 2.14. The van der Waals surface area contributed by atoms with Crippen molar-refractivity contribution < 1.29 is 13.9 Å². The number of nitrogens with zero attached hydrogens (tertiary/aromatic N) is 1. The summed E-state index contributed by atoms with van der Waals surface area (Å²) < 4.78 is 10.3. The van der Waals surface area contributed by atoms with Crippen LogP contribution in [0, 0.1) is 0 Å². The number of methoxy groups -OCH3 is 1. The molecule has 2 rings (SSSR count). The minimum absolute atomic E-state index is 0.116. The van der Waals surface area contributed by atoms with Crippen molar-refractivity contribution in [3.05, 3.63) is 47.9 Å². The van der Waals surface area contributed by atoms with Crippen LogP contribution >= 0.6 is 0 Å². The molecular formula is C14H16N2O3. The number of benzene rings is 1. The summed E-state index contributed by atoms with van der Waals surface area (Å²) in [6.45, 7) is 0.415. The SMILES string of the molecule is COc1cc(C(=O)N(C)Cc2ccco2)ccc1N. The minimum atomic E-state index is -0.116. The van der Waals surface area contributed by atoms with Crippen molar-refractivity contribution >= 4 is 11.6 Å². The van der Waals surface area contributed by atoms with E-state index < -0.39 is 0 Å². The fourth-order valence-corrected chi connectivity index (χ4v) is 1.77. The summed E-state index contributed by atoms with van der Waals surface area (Å²) in [7, 11) is 3.24. The fourth-order valence-electron chi connectivity index (χ4n) is 1.77. The van der Waals surface area contributed by atoms with Gasteiger partial charge in [0.1, 0.15) is 11.5 Å². The van der Waals surface area contributed by atoms with Crippen LogP contribution in [0.2, 0.25) is 0 Å². The van der Waals surface area contributed by atoms with Gasteiger partial charge in [0.15, 0.2) is 0 Å². The number of ether oxygens (including phenoxy) is 1. The monoisotopic (exact) mass is 260 g/mol. The average molecular weight is 260 g/mol. The molecule has 0 atom stereocenters. The van der Waals surface area contributed by atoms with E-state index in [1.54, 1.807) is 42.5 Å². The van der Waals surface area contributed by atoms with E-state index in [-0.39, 0.29) is 5.91 Å². The molecule has 2 aromatic rings. The first-order valence-electron chi connectivity index (χ1n) is 5.83. The molecule has 0 bridgehead atoms. The highest BCUT2D eigenvalue weighted by Crippen LogP contribution is 2.23. The highest BCUT2D eigenvalue weighted by Gasteiger charge is 2.14. The molecule has 0 radical (unpaired) electrons. The minimum Gasteiger partial charge on any atom is -0.495 e. The Morgan fingerprint density at radius 3 is 2.84 bits per heavy atom. The maximum Gasteiger partial charge on any atom is 0.254 e. The number of carbonyl (C=O) groups is 1. The van der Waals surface area contributed by atoms with E-state index in [1.165, 1.54) is 7.11 Å². The molecule has 0 fully saturated rings. The second-order valence-electron chi connectivity index (χ2n) is 4.20. The van der Waals surface area contributed by atoms with Gasteiger partial charge in [-0.15, -0.1) is 0 Å². The Bertz CT molecular complexity index is 564. The third-order valence-corrected chi connectivity index (χ3v) is 2.80. The quantitative estimate of drug-likeness (QED) is 0.855. The van der Waals surface area contributed by atoms with E-state index in [0.29, 0.717) is 23.5 Å². The third kappa shape index (κ3) is 2.88. The topological polar surface area (TPSA) is 68.7 Å². The van der Waals surface area contributed by atoms with E-state index in [1.807, 2.05) is 6.07 Å². The van der Waals surface area contributed by atoms with E-state index in [4.69, 9.17) is 14.9 Å². The number of anilines is 1. The van der Waals surface area contributed by atoms with Crippen LogP contribution < -0.4 is 10.5 Å². The summed E-state index contributed by atoms with van der Waals surface area (Å²) in [6, 6.07) is 8.59. The van der Waals surface area contributed by atoms with E-state index in [9.17, 15) is 4.79 Å². The molecule has 0 saturated heterocycles. The molecule has 0 aliphatic carbocycles. The summed E-state index contributed by atoms with van der Waals surface area (Å²) in [5.74, 6) is 1.12. The number of carbonyl (C=O) groups excluding carboxylic acids is 1. The van der Waals surface area contributed by atoms with Gasteiger partial charge in [0.25, 0.3) is 5.91 Å². The molecule has 19 heavy (non-hydrogen) atoms. The summed E-state index contributed by atoms with van der Waals surface area (Å²) in [4.78, 5) is 13.8. The van der Waals surface area contributed by atoms with Crippen molar-refractivity contribution in [1.82, 2.24) is 4.90 Å². The Labute approximate surface area is 111 Å². The first-order valence-corrected chi connectivity index (χ1v) is 5.83. The van der Waals surface area contributed by atoms with Crippen molar-refractivity contribution in [2.24, 2.45) is 0 Å². The standard InChI is InChI=1S/C14H16N2O3/c1-16(9-11-4-3-7-19-11)14(17)10-5-6-12(15)13(8-10)18-2/h3-8H,9,15H2,1-2H3. The molecule has 0 saturated carbocycles. The molecule has 0 aliphatic heterocycles. The Morgan fingerprint density at radius 2 is 2.21 bits per heavy atom. The van der Waals surface area contributed by atoms with Crippen LogP contribution in [0.4, 0.5) is 5.69 Å². The smallest absolute Gasteiger partial charge is 0.254 e. The van der Waals surface area contributed by atoms with Crippen LogP contribution in [0.15, 0.2) is 41.0 Å². The number of rotatable bonds is 4. The van der Waals surface area contributed by atoms with Crippen molar-refractivity contribution in [1.29, 1.82) is 0 Å². The predicted octanol–water partition coefficient (Wildman–Crippen LogP) is 2.14. The lowest BCUT2D eigenvalue weighted by molar-refractivity contribution is 0.0775. The van der Waals surface area contributed by atoms with Crippen molar-refractivity contribution in [2.45, 2.75) is 6.54 Å². The molecule has 5 heteroatoms. The lowest BCUT2D eigenvalue weighted by atomic mass is 10.1. The van der Waals surface area contributed by atoms with Crippen molar-refractivity contribution in [3.63, 3.8) is 0 Å². The van der Waals surface area contributed by atoms with Crippen molar-refractivity contribution in [3.8, 4) is 5.75 Å². The van der Waals surface area contributed by atoms with Gasteiger partial charge in [-0.3, -0.25) is 4.79 Å². The average Bonchev–Trinajstić information content (AvgIpc) is 2.91. The molecule has 5 nitrogen and oxygen atoms in total. The highest BCUT2D eigenvalue weighted by molar-refractivity contribution is 5.95. The van der Waals surface area contributed by atoms with Gasteiger partial charge in [-0.1, -0.05) is 0 Å². The summed E-state index contributed by atoms with van der Waals surface area (Å²) >= 11 is 0. The molecule has 0 unspecified atom stereocenters. The molecule has 1 aromatic heterocycles. The predicted molar refractivity (Wildman–Crippen MR) is 71.9 cm³/mol. The van der Waals surface area contributed by atoms with Gasteiger partial charge >= 0.3 is 0 Å². The van der Waals surface area contributed by atoms with Crippen LogP contribution in [0.3, 0.4) is 0 Å². The molecule has 2 N–H and O–H groups in total. The Kier molecular flexibility index (Phi) is 3.75. The highest BCUT2D eigenvalue weighted by atomic mass is 16.5. The second-order valence-corrected chi connectivity index (χ2v) is 4.20. The first-order chi connectivity index (χ1) is 9.11. The van der Waals surface area contributed by atoms with E-state index in [2.05, 4.69) is 0 Å². The number of nitrogens with two attached hydrogens (primary N) is 1. The maximum atomic E-state index is 12.2. The molecule has 1 heterocycles. The molecule has 1 aromatic carbocycles.